The van der Waals surface area contributed by atoms with E-state index in [0.29, 0.717) is 0 Å². The van der Waals surface area contributed by atoms with Crippen molar-refractivity contribution in [1.82, 2.24) is 0 Å². The Morgan fingerprint density at radius 1 is 1.31 bits per heavy atom. The third kappa shape index (κ3) is 2.84. The van der Waals surface area contributed by atoms with Crippen LogP contribution in [0.1, 0.15) is 17.3 Å². The van der Waals surface area contributed by atoms with E-state index in [0.717, 1.165) is 18.2 Å². The highest BCUT2D eigenvalue weighted by molar-refractivity contribution is 5.91. The van der Waals surface area contributed by atoms with Crippen LogP contribution < -0.4 is 4.74 Å². The molecule has 0 fully saturated rings. The Morgan fingerprint density at radius 3 is 2.44 bits per heavy atom. The number of carboxylic acid groups (broad SMARTS) is 1. The van der Waals surface area contributed by atoms with Crippen molar-refractivity contribution in [2.24, 2.45) is 0 Å². The van der Waals surface area contributed by atoms with E-state index in [4.69, 9.17) is 9.84 Å². The number of aromatic hydroxyl groups is 1. The van der Waals surface area contributed by atoms with Crippen molar-refractivity contribution in [3.63, 3.8) is 0 Å². The summed E-state index contributed by atoms with van der Waals surface area (Å²) >= 11 is 0. The van der Waals surface area contributed by atoms with Gasteiger partial charge in [-0.05, 0) is 19.1 Å². The minimum Gasteiger partial charge on any atom is -0.508 e. The number of aromatic carboxylic acids is 1. The maximum absolute atomic E-state index is 11.2. The predicted octanol–water partition coefficient (Wildman–Crippen LogP) is 1.57. The molecule has 0 aromatic heterocycles. The number of esters is 1. The van der Waals surface area contributed by atoms with E-state index < -0.39 is 11.9 Å². The molecule has 0 saturated heterocycles. The normalized spacial score (nSPS) is 9.56. The molecule has 1 aromatic carbocycles. The van der Waals surface area contributed by atoms with Gasteiger partial charge in [0.1, 0.15) is 11.5 Å². The average molecular weight is 222 g/mol. The molecule has 0 amide bonds. The van der Waals surface area contributed by atoms with E-state index in [1.165, 1.54) is 6.92 Å². The van der Waals surface area contributed by atoms with Crippen LogP contribution in [-0.4, -0.2) is 22.2 Å². The number of carbonyl (C=O) groups excluding carboxylic acids is 1. The zero-order valence-corrected chi connectivity index (χ0v) is 8.56. The molecule has 0 aliphatic heterocycles. The van der Waals surface area contributed by atoms with Gasteiger partial charge >= 0.3 is 11.9 Å². The van der Waals surface area contributed by atoms with Gasteiger partial charge in [-0.3, -0.25) is 0 Å². The standard InChI is InChI=1S/C11H10O5/c1-6(2)11(15)16-9-4-7(10(13)14)3-8(12)5-9/h3-5,12H,1H2,2H3,(H,13,14). The van der Waals surface area contributed by atoms with Crippen LogP contribution in [0.15, 0.2) is 30.4 Å². The SMILES string of the molecule is C=C(C)C(=O)Oc1cc(O)cc(C(=O)O)c1. The molecule has 0 spiro atoms. The highest BCUT2D eigenvalue weighted by Gasteiger charge is 2.10. The second kappa shape index (κ2) is 4.48. The van der Waals surface area contributed by atoms with Gasteiger partial charge in [-0.15, -0.1) is 0 Å². The second-order valence-electron chi connectivity index (χ2n) is 3.19. The number of benzene rings is 1. The van der Waals surface area contributed by atoms with Gasteiger partial charge in [0.25, 0.3) is 0 Å². The predicted molar refractivity (Wildman–Crippen MR) is 55.5 cm³/mol. The summed E-state index contributed by atoms with van der Waals surface area (Å²) in [6.07, 6.45) is 0. The Bertz CT molecular complexity index is 461. The van der Waals surface area contributed by atoms with Gasteiger partial charge < -0.3 is 14.9 Å². The number of phenolic OH excluding ortho intramolecular Hbond substituents is 1. The molecule has 84 valence electrons. The van der Waals surface area contributed by atoms with Crippen LogP contribution in [0.2, 0.25) is 0 Å². The molecule has 16 heavy (non-hydrogen) atoms. The zero-order valence-electron chi connectivity index (χ0n) is 8.56. The Kier molecular flexibility index (Phi) is 3.30. The third-order valence-corrected chi connectivity index (χ3v) is 1.70. The van der Waals surface area contributed by atoms with Gasteiger partial charge in [0, 0.05) is 11.6 Å². The molecule has 0 aliphatic rings. The lowest BCUT2D eigenvalue weighted by atomic mass is 10.2. The zero-order chi connectivity index (χ0) is 12.3. The Morgan fingerprint density at radius 2 is 1.94 bits per heavy atom. The maximum atomic E-state index is 11.2. The summed E-state index contributed by atoms with van der Waals surface area (Å²) in [4.78, 5) is 21.8. The van der Waals surface area contributed by atoms with Crippen LogP contribution in [0.3, 0.4) is 0 Å². The fourth-order valence-electron chi connectivity index (χ4n) is 0.960. The molecule has 0 unspecified atom stereocenters. The van der Waals surface area contributed by atoms with Crippen LogP contribution in [0.25, 0.3) is 0 Å². The monoisotopic (exact) mass is 222 g/mol. The van der Waals surface area contributed by atoms with Gasteiger partial charge in [-0.2, -0.15) is 0 Å². The van der Waals surface area contributed by atoms with Gasteiger partial charge in [0.15, 0.2) is 0 Å². The largest absolute Gasteiger partial charge is 0.508 e. The molecule has 1 rings (SSSR count). The molecule has 0 saturated carbocycles. The quantitative estimate of drug-likeness (QED) is 0.460. The number of hydrogen-bond donors (Lipinski definition) is 2. The Hall–Kier alpha value is -2.30. The summed E-state index contributed by atoms with van der Waals surface area (Å²) in [5, 5.41) is 17.9. The van der Waals surface area contributed by atoms with Gasteiger partial charge in [-0.25, -0.2) is 9.59 Å². The lowest BCUT2D eigenvalue weighted by molar-refractivity contribution is -0.130. The summed E-state index contributed by atoms with van der Waals surface area (Å²) in [6, 6.07) is 3.34. The van der Waals surface area contributed by atoms with Crippen LogP contribution >= 0.6 is 0 Å². The van der Waals surface area contributed by atoms with Crippen molar-refractivity contribution < 1.29 is 24.5 Å². The van der Waals surface area contributed by atoms with E-state index in [1.807, 2.05) is 0 Å². The molecule has 5 heteroatoms. The molecule has 2 N–H and O–H groups in total. The van der Waals surface area contributed by atoms with E-state index >= 15 is 0 Å². The smallest absolute Gasteiger partial charge is 0.338 e. The van der Waals surface area contributed by atoms with Crippen molar-refractivity contribution in [3.05, 3.63) is 35.9 Å². The molecule has 0 radical (unpaired) electrons. The average Bonchev–Trinajstić information content (AvgIpc) is 2.16. The molecule has 0 bridgehead atoms. The van der Waals surface area contributed by atoms with Gasteiger partial charge in [0.05, 0.1) is 5.56 Å². The Balaban J connectivity index is 3.01. The number of phenols is 1. The van der Waals surface area contributed by atoms with E-state index in [2.05, 4.69) is 6.58 Å². The molecule has 0 aliphatic carbocycles. The summed E-state index contributed by atoms with van der Waals surface area (Å²) in [6.45, 7) is 4.84. The van der Waals surface area contributed by atoms with Crippen molar-refractivity contribution in [1.29, 1.82) is 0 Å². The number of carbonyl (C=O) groups is 2. The first-order valence-electron chi connectivity index (χ1n) is 4.35. The molecule has 0 atom stereocenters. The number of carboxylic acids is 1. The van der Waals surface area contributed by atoms with Gasteiger partial charge in [0.2, 0.25) is 0 Å². The summed E-state index contributed by atoms with van der Waals surface area (Å²) in [5.41, 5.74) is 0.0183. The fourth-order valence-corrected chi connectivity index (χ4v) is 0.960. The summed E-state index contributed by atoms with van der Waals surface area (Å²) in [5.74, 6) is -2.22. The van der Waals surface area contributed by atoms with Crippen LogP contribution in [-0.2, 0) is 4.79 Å². The first-order chi connectivity index (χ1) is 7.40. The molecule has 1 aromatic rings. The van der Waals surface area contributed by atoms with Crippen molar-refractivity contribution in [3.8, 4) is 11.5 Å². The van der Waals surface area contributed by atoms with E-state index in [9.17, 15) is 14.7 Å². The fraction of sp³-hybridized carbons (Fsp3) is 0.0909. The van der Waals surface area contributed by atoms with Gasteiger partial charge in [-0.1, -0.05) is 6.58 Å². The van der Waals surface area contributed by atoms with E-state index in [1.54, 1.807) is 0 Å². The Labute approximate surface area is 91.6 Å². The minimum absolute atomic E-state index is 0.0367. The van der Waals surface area contributed by atoms with Crippen molar-refractivity contribution in [2.45, 2.75) is 6.92 Å². The van der Waals surface area contributed by atoms with Crippen molar-refractivity contribution in [2.75, 3.05) is 0 Å². The van der Waals surface area contributed by atoms with Crippen LogP contribution in [0.5, 0.6) is 11.5 Å². The summed E-state index contributed by atoms with van der Waals surface area (Å²) < 4.78 is 4.79. The number of ether oxygens (including phenoxy) is 1. The lowest BCUT2D eigenvalue weighted by Crippen LogP contribution is -2.08. The van der Waals surface area contributed by atoms with Crippen LogP contribution in [0.4, 0.5) is 0 Å². The third-order valence-electron chi connectivity index (χ3n) is 1.70. The highest BCUT2D eigenvalue weighted by Crippen LogP contribution is 2.22. The van der Waals surface area contributed by atoms with Crippen molar-refractivity contribution >= 4 is 11.9 Å². The second-order valence-corrected chi connectivity index (χ2v) is 3.19. The first-order valence-corrected chi connectivity index (χ1v) is 4.35. The van der Waals surface area contributed by atoms with Crippen LogP contribution in [0, 0.1) is 0 Å². The summed E-state index contributed by atoms with van der Waals surface area (Å²) in [7, 11) is 0. The number of hydrogen-bond acceptors (Lipinski definition) is 4. The topological polar surface area (TPSA) is 83.8 Å². The van der Waals surface area contributed by atoms with E-state index in [-0.39, 0.29) is 22.6 Å². The first kappa shape index (κ1) is 11.8. The molecular weight excluding hydrogens is 212 g/mol. The highest BCUT2D eigenvalue weighted by atomic mass is 16.5. The lowest BCUT2D eigenvalue weighted by Gasteiger charge is -2.05. The maximum Gasteiger partial charge on any atom is 0.338 e. The molecule has 5 nitrogen and oxygen atoms in total. The molecule has 0 heterocycles. The number of rotatable bonds is 3. The minimum atomic E-state index is -1.22. The molecular formula is C11H10O5.